The van der Waals surface area contributed by atoms with Gasteiger partial charge in [0.25, 0.3) is 0 Å². The number of nitrogens with one attached hydrogen (secondary N) is 4. The largest absolute Gasteiger partial charge is 0.508 e. The number of carbonyl (C=O) groups excluding carboxylic acids is 4. The summed E-state index contributed by atoms with van der Waals surface area (Å²) in [5.41, 5.74) is 7.40. The van der Waals surface area contributed by atoms with Gasteiger partial charge in [-0.05, 0) is 42.9 Å². The van der Waals surface area contributed by atoms with Crippen LogP contribution < -0.4 is 27.0 Å². The highest BCUT2D eigenvalue weighted by Gasteiger charge is 2.27. The molecule has 4 amide bonds. The Balaban J connectivity index is 1.92. The van der Waals surface area contributed by atoms with Gasteiger partial charge in [-0.25, -0.2) is 4.79 Å². The Labute approximate surface area is 236 Å². The molecule has 0 bridgehead atoms. The molecule has 12 nitrogen and oxygen atoms in total. The van der Waals surface area contributed by atoms with Crippen molar-refractivity contribution >= 4 is 41.4 Å². The van der Waals surface area contributed by atoms with Crippen molar-refractivity contribution in [1.29, 1.82) is 0 Å². The van der Waals surface area contributed by atoms with E-state index in [1.165, 1.54) is 30.8 Å². The second-order valence-corrected chi connectivity index (χ2v) is 10.0. The van der Waals surface area contributed by atoms with Crippen LogP contribution in [0.3, 0.4) is 0 Å². The molecule has 2 aromatic rings. The molecule has 0 spiro atoms. The number of carboxylic acids is 1. The first-order chi connectivity index (χ1) is 19.0. The van der Waals surface area contributed by atoms with Crippen LogP contribution in [0, 0.1) is 0 Å². The predicted molar refractivity (Wildman–Crippen MR) is 150 cm³/mol. The lowest BCUT2D eigenvalue weighted by atomic mass is 10.0. The van der Waals surface area contributed by atoms with Crippen molar-refractivity contribution in [2.75, 3.05) is 18.6 Å². The van der Waals surface area contributed by atoms with Crippen LogP contribution in [0.5, 0.6) is 5.75 Å². The van der Waals surface area contributed by atoms with Crippen molar-refractivity contribution < 1.29 is 34.2 Å². The van der Waals surface area contributed by atoms with Gasteiger partial charge in [0.1, 0.15) is 23.9 Å². The Morgan fingerprint density at radius 1 is 0.825 bits per heavy atom. The summed E-state index contributed by atoms with van der Waals surface area (Å²) < 4.78 is 0. The van der Waals surface area contributed by atoms with Crippen LogP contribution >= 0.6 is 11.8 Å². The molecule has 0 fully saturated rings. The van der Waals surface area contributed by atoms with Crippen LogP contribution in [0.25, 0.3) is 0 Å². The monoisotopic (exact) mass is 573 g/mol. The number of nitrogens with two attached hydrogens (primary N) is 1. The zero-order chi connectivity index (χ0) is 29.7. The van der Waals surface area contributed by atoms with Crippen LogP contribution in [0.15, 0.2) is 54.6 Å². The van der Waals surface area contributed by atoms with Crippen LogP contribution in [0.2, 0.25) is 0 Å². The minimum Gasteiger partial charge on any atom is -0.508 e. The average molecular weight is 574 g/mol. The van der Waals surface area contributed by atoms with E-state index in [1.807, 2.05) is 0 Å². The van der Waals surface area contributed by atoms with E-state index in [-0.39, 0.29) is 24.3 Å². The normalized spacial score (nSPS) is 13.7. The lowest BCUT2D eigenvalue weighted by molar-refractivity contribution is -0.141. The van der Waals surface area contributed by atoms with Crippen LogP contribution in [-0.2, 0) is 36.8 Å². The molecule has 0 radical (unpaired) electrons. The van der Waals surface area contributed by atoms with Crippen molar-refractivity contribution in [2.24, 2.45) is 5.73 Å². The summed E-state index contributed by atoms with van der Waals surface area (Å²) >= 11 is 1.25. The van der Waals surface area contributed by atoms with Gasteiger partial charge >= 0.3 is 5.97 Å². The van der Waals surface area contributed by atoms with E-state index in [0.29, 0.717) is 0 Å². The zero-order valence-corrected chi connectivity index (χ0v) is 23.1. The molecule has 4 atom stereocenters. The Morgan fingerprint density at radius 2 is 1.45 bits per heavy atom. The lowest BCUT2D eigenvalue weighted by Crippen LogP contribution is -2.55. The molecular formula is C27H35N5O7S. The highest BCUT2D eigenvalue weighted by Crippen LogP contribution is 2.11. The summed E-state index contributed by atoms with van der Waals surface area (Å²) in [4.78, 5) is 61.9. The summed E-state index contributed by atoms with van der Waals surface area (Å²) in [6, 6.07) is 10.9. The molecule has 8 N–H and O–H groups in total. The second-order valence-electron chi connectivity index (χ2n) is 9.09. The van der Waals surface area contributed by atoms with E-state index in [4.69, 9.17) is 5.73 Å². The molecule has 40 heavy (non-hydrogen) atoms. The average Bonchev–Trinajstić information content (AvgIpc) is 2.92. The fourth-order valence-corrected chi connectivity index (χ4v) is 4.16. The molecule has 0 unspecified atom stereocenters. The van der Waals surface area contributed by atoms with Crippen LogP contribution in [-0.4, -0.2) is 82.5 Å². The van der Waals surface area contributed by atoms with E-state index in [1.54, 1.807) is 48.7 Å². The second kappa shape index (κ2) is 16.1. The highest BCUT2D eigenvalue weighted by molar-refractivity contribution is 7.98. The molecule has 216 valence electrons. The van der Waals surface area contributed by atoms with Gasteiger partial charge in [0.2, 0.25) is 23.6 Å². The summed E-state index contributed by atoms with van der Waals surface area (Å²) in [5, 5.41) is 28.6. The molecule has 2 rings (SSSR count). The first-order valence-electron chi connectivity index (χ1n) is 12.5. The molecule has 0 aliphatic carbocycles. The van der Waals surface area contributed by atoms with E-state index in [9.17, 15) is 34.2 Å². The van der Waals surface area contributed by atoms with Gasteiger partial charge in [0.05, 0.1) is 12.6 Å². The van der Waals surface area contributed by atoms with E-state index >= 15 is 0 Å². The molecule has 0 saturated carbocycles. The Kier molecular flexibility index (Phi) is 12.9. The van der Waals surface area contributed by atoms with Gasteiger partial charge < -0.3 is 37.2 Å². The van der Waals surface area contributed by atoms with Gasteiger partial charge in [0.15, 0.2) is 0 Å². The van der Waals surface area contributed by atoms with Gasteiger partial charge in [-0.2, -0.15) is 11.8 Å². The third-order valence-corrected chi connectivity index (χ3v) is 6.45. The first kappa shape index (κ1) is 32.1. The molecule has 13 heteroatoms. The number of aromatic hydroxyl groups is 1. The first-order valence-corrected chi connectivity index (χ1v) is 13.9. The van der Waals surface area contributed by atoms with Crippen molar-refractivity contribution in [3.05, 3.63) is 65.7 Å². The maximum atomic E-state index is 12.9. The molecular weight excluding hydrogens is 538 g/mol. The number of carboxylic acid groups (broad SMARTS) is 1. The quantitative estimate of drug-likeness (QED) is 0.147. The number of hydrogen-bond donors (Lipinski definition) is 7. The third-order valence-electron chi connectivity index (χ3n) is 5.79. The number of amides is 4. The SMILES string of the molecule is CSC[C@H](NC(=O)[C@H](Cc1ccccc1)NC(=O)CNC(=O)[C@H](C)NC(=O)[C@@H](N)Cc1ccc(O)cc1)C(=O)O. The van der Waals surface area contributed by atoms with Crippen LogP contribution in [0.4, 0.5) is 0 Å². The Morgan fingerprint density at radius 3 is 2.05 bits per heavy atom. The standard InChI is InChI=1S/C27H35N5O7S/c1-16(30-25(36)20(28)12-18-8-10-19(33)11-9-18)24(35)29-14-23(34)31-21(13-17-6-4-3-5-7-17)26(37)32-22(15-40-2)27(38)39/h3-11,16,20-22,33H,12-15,28H2,1-2H3,(H,29,35)(H,30,36)(H,31,34)(H,32,37)(H,38,39)/t16-,20-,21-,22-/m0/s1. The summed E-state index contributed by atoms with van der Waals surface area (Å²) in [7, 11) is 0. The third kappa shape index (κ3) is 10.9. The number of aliphatic carboxylic acids is 1. The van der Waals surface area contributed by atoms with Crippen molar-refractivity contribution in [3.8, 4) is 5.75 Å². The highest BCUT2D eigenvalue weighted by atomic mass is 32.2. The van der Waals surface area contributed by atoms with Crippen molar-refractivity contribution in [2.45, 2.75) is 43.9 Å². The molecule has 0 aliphatic heterocycles. The zero-order valence-electron chi connectivity index (χ0n) is 22.3. The van der Waals surface area contributed by atoms with E-state index in [0.717, 1.165) is 11.1 Å². The molecule has 0 aromatic heterocycles. The van der Waals surface area contributed by atoms with Gasteiger partial charge in [0, 0.05) is 12.2 Å². The number of phenols is 1. The number of carbonyl (C=O) groups is 5. The number of benzene rings is 2. The molecule has 0 heterocycles. The van der Waals surface area contributed by atoms with E-state index < -0.39 is 60.3 Å². The Bertz CT molecular complexity index is 1160. The van der Waals surface area contributed by atoms with Gasteiger partial charge in [-0.3, -0.25) is 19.2 Å². The fourth-order valence-electron chi connectivity index (χ4n) is 3.60. The fraction of sp³-hybridized carbons (Fsp3) is 0.370. The number of rotatable bonds is 15. The smallest absolute Gasteiger partial charge is 0.327 e. The minimum atomic E-state index is -1.20. The van der Waals surface area contributed by atoms with E-state index in [2.05, 4.69) is 21.3 Å². The van der Waals surface area contributed by atoms with Crippen molar-refractivity contribution in [3.63, 3.8) is 0 Å². The van der Waals surface area contributed by atoms with Gasteiger partial charge in [-0.1, -0.05) is 42.5 Å². The summed E-state index contributed by atoms with van der Waals surface area (Å²) in [6.07, 6.45) is 2.00. The predicted octanol–water partition coefficient (Wildman–Crippen LogP) is -0.457. The molecule has 0 saturated heterocycles. The van der Waals surface area contributed by atoms with Crippen LogP contribution in [0.1, 0.15) is 18.1 Å². The Hall–Kier alpha value is -4.10. The maximum Gasteiger partial charge on any atom is 0.327 e. The number of thioether (sulfide) groups is 1. The molecule has 2 aromatic carbocycles. The number of hydrogen-bond acceptors (Lipinski definition) is 8. The summed E-state index contributed by atoms with van der Waals surface area (Å²) in [6.45, 7) is 0.951. The van der Waals surface area contributed by atoms with Crippen molar-refractivity contribution in [1.82, 2.24) is 21.3 Å². The minimum absolute atomic E-state index is 0.0863. The lowest BCUT2D eigenvalue weighted by Gasteiger charge is -2.22. The number of phenolic OH excluding ortho intramolecular Hbond substituents is 1. The molecule has 0 aliphatic rings. The summed E-state index contributed by atoms with van der Waals surface area (Å²) in [5.74, 6) is -3.53. The topological polar surface area (TPSA) is 200 Å². The maximum absolute atomic E-state index is 12.9. The van der Waals surface area contributed by atoms with Gasteiger partial charge in [-0.15, -0.1) is 0 Å².